The number of nitrogens with one attached hydrogen (secondary N) is 2. The highest BCUT2D eigenvalue weighted by Gasteiger charge is 2.00. The molecule has 0 aliphatic carbocycles. The molecule has 0 fully saturated rings. The standard InChI is InChI=1S/C10H16N2Si/c1-11-9(10(13)12-2)8-6-4-3-5-7-8/h3-7,11-12H,1-2,13H3. The van der Waals surface area contributed by atoms with Crippen LogP contribution in [0.4, 0.5) is 0 Å². The summed E-state index contributed by atoms with van der Waals surface area (Å²) in [5.41, 5.74) is 2.44. The van der Waals surface area contributed by atoms with Crippen molar-refractivity contribution in [2.45, 2.75) is 0 Å². The monoisotopic (exact) mass is 192 g/mol. The van der Waals surface area contributed by atoms with Gasteiger partial charge in [0.25, 0.3) is 0 Å². The first kappa shape index (κ1) is 9.86. The van der Waals surface area contributed by atoms with E-state index < -0.39 is 0 Å². The lowest BCUT2D eigenvalue weighted by Gasteiger charge is -2.11. The molecular formula is C10H16N2Si. The van der Waals surface area contributed by atoms with Crippen LogP contribution in [0.15, 0.2) is 35.7 Å². The lowest BCUT2D eigenvalue weighted by Crippen LogP contribution is -2.16. The molecule has 13 heavy (non-hydrogen) atoms. The van der Waals surface area contributed by atoms with Gasteiger partial charge in [0, 0.05) is 19.4 Å². The van der Waals surface area contributed by atoms with Crippen molar-refractivity contribution in [2.75, 3.05) is 14.1 Å². The van der Waals surface area contributed by atoms with Crippen LogP contribution in [0, 0.1) is 0 Å². The van der Waals surface area contributed by atoms with Gasteiger partial charge in [-0.25, -0.2) is 0 Å². The Balaban J connectivity index is 3.05. The maximum Gasteiger partial charge on any atom is 0.0615 e. The van der Waals surface area contributed by atoms with Crippen molar-refractivity contribution in [3.05, 3.63) is 41.2 Å². The summed E-state index contributed by atoms with van der Waals surface area (Å²) in [5, 5.41) is 7.70. The van der Waals surface area contributed by atoms with Gasteiger partial charge in [-0.3, -0.25) is 0 Å². The largest absolute Gasteiger partial charge is 0.394 e. The van der Waals surface area contributed by atoms with Crippen LogP contribution in [0.5, 0.6) is 0 Å². The van der Waals surface area contributed by atoms with E-state index in [9.17, 15) is 0 Å². The average molecular weight is 192 g/mol. The second kappa shape index (κ2) is 4.72. The van der Waals surface area contributed by atoms with Crippen molar-refractivity contribution >= 4 is 15.9 Å². The molecule has 0 aromatic heterocycles. The Kier molecular flexibility index (Phi) is 3.58. The molecule has 0 saturated heterocycles. The first-order chi connectivity index (χ1) is 6.29. The maximum absolute atomic E-state index is 3.22. The van der Waals surface area contributed by atoms with E-state index in [0.29, 0.717) is 0 Å². The fourth-order valence-corrected chi connectivity index (χ4v) is 1.82. The average Bonchev–Trinajstić information content (AvgIpc) is 2.20. The smallest absolute Gasteiger partial charge is 0.0615 e. The van der Waals surface area contributed by atoms with E-state index in [4.69, 9.17) is 0 Å². The topological polar surface area (TPSA) is 24.1 Å². The van der Waals surface area contributed by atoms with Gasteiger partial charge in [0.1, 0.15) is 0 Å². The molecule has 0 saturated carbocycles. The first-order valence-corrected chi connectivity index (χ1v) is 5.41. The highest BCUT2D eigenvalue weighted by molar-refractivity contribution is 6.24. The van der Waals surface area contributed by atoms with E-state index in [-0.39, 0.29) is 0 Å². The Morgan fingerprint density at radius 1 is 1.08 bits per heavy atom. The summed E-state index contributed by atoms with van der Waals surface area (Å²) in [6.07, 6.45) is 0. The third-order valence-electron chi connectivity index (χ3n) is 2.06. The first-order valence-electron chi connectivity index (χ1n) is 4.41. The number of hydrogen-bond acceptors (Lipinski definition) is 2. The zero-order chi connectivity index (χ0) is 9.68. The molecule has 1 aromatic rings. The minimum absolute atomic E-state index is 1.02. The minimum atomic E-state index is 1.02. The third kappa shape index (κ3) is 2.35. The molecule has 1 aromatic carbocycles. The normalized spacial score (nSPS) is 12.2. The van der Waals surface area contributed by atoms with E-state index in [2.05, 4.69) is 34.9 Å². The van der Waals surface area contributed by atoms with Gasteiger partial charge < -0.3 is 10.6 Å². The van der Waals surface area contributed by atoms with Crippen LogP contribution in [-0.4, -0.2) is 24.3 Å². The van der Waals surface area contributed by atoms with Gasteiger partial charge in [0.05, 0.1) is 15.9 Å². The lowest BCUT2D eigenvalue weighted by atomic mass is 10.2. The summed E-state index contributed by atoms with van der Waals surface area (Å²) in [6.45, 7) is 0. The fourth-order valence-electron chi connectivity index (χ4n) is 1.28. The van der Waals surface area contributed by atoms with E-state index >= 15 is 0 Å². The summed E-state index contributed by atoms with van der Waals surface area (Å²) < 4.78 is 0. The van der Waals surface area contributed by atoms with Crippen molar-refractivity contribution in [2.24, 2.45) is 0 Å². The Bertz CT molecular complexity index is 293. The van der Waals surface area contributed by atoms with Crippen molar-refractivity contribution < 1.29 is 0 Å². The van der Waals surface area contributed by atoms with Gasteiger partial charge in [-0.1, -0.05) is 30.3 Å². The van der Waals surface area contributed by atoms with Gasteiger partial charge in [-0.05, 0) is 5.56 Å². The van der Waals surface area contributed by atoms with Crippen LogP contribution in [0.1, 0.15) is 5.56 Å². The van der Waals surface area contributed by atoms with E-state index in [1.165, 1.54) is 16.6 Å². The van der Waals surface area contributed by atoms with Gasteiger partial charge in [0.15, 0.2) is 0 Å². The van der Waals surface area contributed by atoms with Crippen LogP contribution in [-0.2, 0) is 0 Å². The minimum Gasteiger partial charge on any atom is -0.394 e. The molecule has 0 atom stereocenters. The maximum atomic E-state index is 3.22. The van der Waals surface area contributed by atoms with Gasteiger partial charge >= 0.3 is 0 Å². The predicted molar refractivity (Wildman–Crippen MR) is 61.4 cm³/mol. The Morgan fingerprint density at radius 3 is 2.15 bits per heavy atom. The quantitative estimate of drug-likeness (QED) is 0.665. The van der Waals surface area contributed by atoms with Crippen molar-refractivity contribution in [3.63, 3.8) is 0 Å². The Labute approximate surface area is 82.5 Å². The van der Waals surface area contributed by atoms with Crippen LogP contribution in [0.25, 0.3) is 5.70 Å². The zero-order valence-electron chi connectivity index (χ0n) is 8.39. The van der Waals surface area contributed by atoms with Crippen molar-refractivity contribution in [3.8, 4) is 0 Å². The molecule has 1 rings (SSSR count). The molecule has 0 heterocycles. The van der Waals surface area contributed by atoms with Gasteiger partial charge in [-0.15, -0.1) is 0 Å². The van der Waals surface area contributed by atoms with Crippen LogP contribution >= 0.6 is 0 Å². The van der Waals surface area contributed by atoms with Crippen LogP contribution < -0.4 is 10.6 Å². The van der Waals surface area contributed by atoms with E-state index in [1.54, 1.807) is 0 Å². The summed E-state index contributed by atoms with van der Waals surface area (Å²) in [6, 6.07) is 10.4. The molecule has 0 amide bonds. The fraction of sp³-hybridized carbons (Fsp3) is 0.200. The van der Waals surface area contributed by atoms with Crippen molar-refractivity contribution in [1.29, 1.82) is 0 Å². The molecule has 0 radical (unpaired) electrons. The number of hydrogen-bond donors (Lipinski definition) is 2. The van der Waals surface area contributed by atoms with Crippen molar-refractivity contribution in [1.82, 2.24) is 10.6 Å². The summed E-state index contributed by atoms with van der Waals surface area (Å²) in [7, 11) is 4.94. The van der Waals surface area contributed by atoms with Crippen LogP contribution in [0.3, 0.4) is 0 Å². The van der Waals surface area contributed by atoms with E-state index in [0.717, 1.165) is 10.2 Å². The highest BCUT2D eigenvalue weighted by atomic mass is 28.1. The summed E-state index contributed by atoms with van der Waals surface area (Å²) in [4.78, 5) is 0. The number of rotatable bonds is 3. The SMILES string of the molecule is CNC([SiH3])=C(NC)c1ccccc1. The molecule has 0 bridgehead atoms. The Hall–Kier alpha value is -1.22. The third-order valence-corrected chi connectivity index (χ3v) is 3.06. The molecular weight excluding hydrogens is 176 g/mol. The molecule has 3 heteroatoms. The Morgan fingerprint density at radius 2 is 1.69 bits per heavy atom. The van der Waals surface area contributed by atoms with E-state index in [1.807, 2.05) is 20.2 Å². The summed E-state index contributed by atoms with van der Waals surface area (Å²) in [5.74, 6) is 0. The molecule has 0 unspecified atom stereocenters. The molecule has 2 N–H and O–H groups in total. The summed E-state index contributed by atoms with van der Waals surface area (Å²) >= 11 is 0. The molecule has 0 spiro atoms. The van der Waals surface area contributed by atoms with Gasteiger partial charge in [-0.2, -0.15) is 0 Å². The predicted octanol–water partition coefficient (Wildman–Crippen LogP) is 0.117. The van der Waals surface area contributed by atoms with Crippen LogP contribution in [0.2, 0.25) is 0 Å². The second-order valence-electron chi connectivity index (χ2n) is 2.87. The van der Waals surface area contributed by atoms with Gasteiger partial charge in [0.2, 0.25) is 0 Å². The molecule has 2 nitrogen and oxygen atoms in total. The molecule has 0 aliphatic rings. The number of benzene rings is 1. The zero-order valence-corrected chi connectivity index (χ0v) is 10.4. The molecule has 70 valence electrons. The molecule has 0 aliphatic heterocycles. The highest BCUT2D eigenvalue weighted by Crippen LogP contribution is 2.11. The lowest BCUT2D eigenvalue weighted by molar-refractivity contribution is 1.03. The second-order valence-corrected chi connectivity index (χ2v) is 3.87.